The molecule has 2 rings (SSSR count). The van der Waals surface area contributed by atoms with E-state index in [9.17, 15) is 8.42 Å². The van der Waals surface area contributed by atoms with Crippen LogP contribution in [0.15, 0.2) is 29.2 Å². The van der Waals surface area contributed by atoms with Gasteiger partial charge >= 0.3 is 0 Å². The van der Waals surface area contributed by atoms with Gasteiger partial charge in [0.2, 0.25) is 0 Å². The van der Waals surface area contributed by atoms with Crippen LogP contribution in [0.2, 0.25) is 0 Å². The van der Waals surface area contributed by atoms with Crippen LogP contribution in [-0.2, 0) is 14.3 Å². The highest BCUT2D eigenvalue weighted by Gasteiger charge is 2.52. The predicted molar refractivity (Wildman–Crippen MR) is 66.9 cm³/mol. The third-order valence-corrected chi connectivity index (χ3v) is 4.91. The second-order valence-corrected chi connectivity index (χ2v) is 7.37. The molecule has 0 spiro atoms. The molecule has 0 heterocycles. The van der Waals surface area contributed by atoms with E-state index in [1.165, 1.54) is 12.1 Å². The fourth-order valence-electron chi connectivity index (χ4n) is 1.40. The van der Waals surface area contributed by atoms with Gasteiger partial charge in [-0.1, -0.05) is 17.7 Å². The van der Waals surface area contributed by atoms with E-state index in [1.54, 1.807) is 12.1 Å². The fourth-order valence-corrected chi connectivity index (χ4v) is 2.84. The van der Waals surface area contributed by atoms with Crippen LogP contribution in [-0.4, -0.2) is 19.4 Å². The lowest BCUT2D eigenvalue weighted by molar-refractivity contribution is 0.301. The lowest BCUT2D eigenvalue weighted by Gasteiger charge is -2.05. The van der Waals surface area contributed by atoms with E-state index in [2.05, 4.69) is 0 Å². The molecule has 94 valence electrons. The van der Waals surface area contributed by atoms with Crippen molar-refractivity contribution in [3.05, 3.63) is 29.8 Å². The summed E-state index contributed by atoms with van der Waals surface area (Å²) in [7, 11) is -3.70. The minimum atomic E-state index is -3.70. The Morgan fingerprint density at radius 1 is 1.35 bits per heavy atom. The molecular weight excluding hydrogens is 283 g/mol. The number of halogens is 2. The molecule has 0 saturated heterocycles. The number of benzene rings is 1. The second kappa shape index (κ2) is 4.43. The van der Waals surface area contributed by atoms with Crippen LogP contribution in [0.25, 0.3) is 0 Å². The van der Waals surface area contributed by atoms with Crippen molar-refractivity contribution in [1.82, 2.24) is 0 Å². The quantitative estimate of drug-likeness (QED) is 0.633. The topological polar surface area (TPSA) is 43.4 Å². The van der Waals surface area contributed by atoms with Crippen molar-refractivity contribution in [3.8, 4) is 0 Å². The van der Waals surface area contributed by atoms with Crippen molar-refractivity contribution in [2.45, 2.75) is 22.6 Å². The summed E-state index contributed by atoms with van der Waals surface area (Å²) in [4.78, 5) is 0.151. The highest BCUT2D eigenvalue weighted by Crippen LogP contribution is 2.53. The SMILES string of the molecule is Cc1ccc(S(=O)(=O)OCC2CC2(Cl)Cl)cc1. The Labute approximate surface area is 111 Å². The molecule has 0 bridgehead atoms. The molecule has 6 heteroatoms. The first-order valence-corrected chi connectivity index (χ1v) is 7.32. The highest BCUT2D eigenvalue weighted by molar-refractivity contribution is 7.86. The van der Waals surface area contributed by atoms with E-state index in [1.807, 2.05) is 6.92 Å². The number of aryl methyl sites for hydroxylation is 1. The Balaban J connectivity index is 2.02. The normalized spacial score (nSPS) is 22.4. The lowest BCUT2D eigenvalue weighted by atomic mass is 10.2. The van der Waals surface area contributed by atoms with E-state index in [0.29, 0.717) is 6.42 Å². The van der Waals surface area contributed by atoms with Gasteiger partial charge < -0.3 is 0 Å². The van der Waals surface area contributed by atoms with Gasteiger partial charge in [-0.15, -0.1) is 23.2 Å². The Kier molecular flexibility index (Phi) is 3.42. The minimum absolute atomic E-state index is 0.0310. The summed E-state index contributed by atoms with van der Waals surface area (Å²) >= 11 is 11.6. The maximum atomic E-state index is 11.8. The number of hydrogen-bond donors (Lipinski definition) is 0. The lowest BCUT2D eigenvalue weighted by Crippen LogP contribution is -2.10. The largest absolute Gasteiger partial charge is 0.296 e. The summed E-state index contributed by atoms with van der Waals surface area (Å²) < 4.78 is 27.7. The van der Waals surface area contributed by atoms with Crippen molar-refractivity contribution in [3.63, 3.8) is 0 Å². The molecule has 0 N–H and O–H groups in total. The van der Waals surface area contributed by atoms with Crippen LogP contribution in [0, 0.1) is 12.8 Å². The number of rotatable bonds is 4. The van der Waals surface area contributed by atoms with Crippen molar-refractivity contribution in [1.29, 1.82) is 0 Å². The van der Waals surface area contributed by atoms with Gasteiger partial charge in [0, 0.05) is 5.92 Å². The zero-order chi connectivity index (χ0) is 12.7. The first-order chi connectivity index (χ1) is 7.81. The van der Waals surface area contributed by atoms with Crippen LogP contribution in [0.1, 0.15) is 12.0 Å². The fraction of sp³-hybridized carbons (Fsp3) is 0.455. The monoisotopic (exact) mass is 294 g/mol. The van der Waals surface area contributed by atoms with Crippen molar-refractivity contribution < 1.29 is 12.6 Å². The maximum absolute atomic E-state index is 11.8. The van der Waals surface area contributed by atoms with E-state index in [0.717, 1.165) is 5.56 Å². The molecule has 1 atom stereocenters. The number of alkyl halides is 2. The number of hydrogen-bond acceptors (Lipinski definition) is 3. The molecule has 0 radical (unpaired) electrons. The van der Waals surface area contributed by atoms with Gasteiger partial charge in [-0.3, -0.25) is 4.18 Å². The molecule has 3 nitrogen and oxygen atoms in total. The molecule has 0 amide bonds. The molecule has 1 fully saturated rings. The van der Waals surface area contributed by atoms with Crippen LogP contribution in [0.3, 0.4) is 0 Å². The molecule has 0 aliphatic heterocycles. The standard InChI is InChI=1S/C11H12Cl2O3S/c1-8-2-4-10(5-3-8)17(14,15)16-7-9-6-11(9,12)13/h2-5,9H,6-7H2,1H3. The van der Waals surface area contributed by atoms with Crippen molar-refractivity contribution >= 4 is 33.3 Å². The van der Waals surface area contributed by atoms with E-state index in [4.69, 9.17) is 27.4 Å². The molecule has 0 aromatic heterocycles. The van der Waals surface area contributed by atoms with Gasteiger partial charge in [-0.2, -0.15) is 8.42 Å². The Morgan fingerprint density at radius 3 is 2.35 bits per heavy atom. The van der Waals surface area contributed by atoms with Gasteiger partial charge in [-0.25, -0.2) is 0 Å². The molecule has 1 saturated carbocycles. The summed E-state index contributed by atoms with van der Waals surface area (Å²) in [6.07, 6.45) is 0.569. The first-order valence-electron chi connectivity index (χ1n) is 5.15. The Hall–Kier alpha value is -0.290. The van der Waals surface area contributed by atoms with Gasteiger partial charge in [0.25, 0.3) is 10.1 Å². The van der Waals surface area contributed by atoms with Crippen LogP contribution >= 0.6 is 23.2 Å². The average molecular weight is 295 g/mol. The smallest absolute Gasteiger partial charge is 0.266 e. The second-order valence-electron chi connectivity index (χ2n) is 4.21. The third-order valence-electron chi connectivity index (χ3n) is 2.69. The third kappa shape index (κ3) is 3.13. The highest BCUT2D eigenvalue weighted by atomic mass is 35.5. The molecule has 1 aromatic carbocycles. The van der Waals surface area contributed by atoms with E-state index in [-0.39, 0.29) is 17.4 Å². The van der Waals surface area contributed by atoms with Gasteiger partial charge in [0.15, 0.2) is 0 Å². The van der Waals surface area contributed by atoms with E-state index >= 15 is 0 Å². The zero-order valence-corrected chi connectivity index (χ0v) is 11.5. The van der Waals surface area contributed by atoms with Crippen molar-refractivity contribution in [2.75, 3.05) is 6.61 Å². The summed E-state index contributed by atoms with van der Waals surface area (Å²) in [6.45, 7) is 1.92. The van der Waals surface area contributed by atoms with Gasteiger partial charge in [0.05, 0.1) is 11.5 Å². The summed E-state index contributed by atoms with van der Waals surface area (Å²) in [5.74, 6) is -0.106. The summed E-state index contributed by atoms with van der Waals surface area (Å²) in [6, 6.07) is 6.49. The molecule has 1 unspecified atom stereocenters. The summed E-state index contributed by atoms with van der Waals surface area (Å²) in [5, 5.41) is 0. The molecular formula is C11H12Cl2O3S. The Morgan fingerprint density at radius 2 is 1.88 bits per heavy atom. The molecule has 1 aliphatic carbocycles. The summed E-state index contributed by atoms with van der Waals surface area (Å²) in [5.41, 5.74) is 0.992. The van der Waals surface area contributed by atoms with Crippen LogP contribution in [0.5, 0.6) is 0 Å². The van der Waals surface area contributed by atoms with Gasteiger partial charge in [-0.05, 0) is 25.5 Å². The van der Waals surface area contributed by atoms with Crippen LogP contribution < -0.4 is 0 Å². The minimum Gasteiger partial charge on any atom is -0.266 e. The molecule has 1 aliphatic rings. The maximum Gasteiger partial charge on any atom is 0.296 e. The van der Waals surface area contributed by atoms with Crippen LogP contribution in [0.4, 0.5) is 0 Å². The first kappa shape index (κ1) is 13.1. The molecule has 1 aromatic rings. The zero-order valence-electron chi connectivity index (χ0n) is 9.19. The van der Waals surface area contributed by atoms with Gasteiger partial charge in [0.1, 0.15) is 4.33 Å². The Bertz CT molecular complexity index is 508. The van der Waals surface area contributed by atoms with Crippen molar-refractivity contribution in [2.24, 2.45) is 5.92 Å². The average Bonchev–Trinajstić information content (AvgIpc) is 2.85. The molecule has 17 heavy (non-hydrogen) atoms. The van der Waals surface area contributed by atoms with E-state index < -0.39 is 14.5 Å². The predicted octanol–water partition coefficient (Wildman–Crippen LogP) is 2.89.